The zero-order valence-electron chi connectivity index (χ0n) is 13.6. The molecule has 0 unspecified atom stereocenters. The van der Waals surface area contributed by atoms with Gasteiger partial charge in [0, 0.05) is 18.5 Å². The van der Waals surface area contributed by atoms with E-state index >= 15 is 0 Å². The molecule has 1 aliphatic rings. The third kappa shape index (κ3) is 3.23. The van der Waals surface area contributed by atoms with Crippen molar-refractivity contribution < 1.29 is 14.1 Å². The summed E-state index contributed by atoms with van der Waals surface area (Å²) in [6, 6.07) is 5.59. The Morgan fingerprint density at radius 1 is 1.35 bits per heavy atom. The zero-order valence-corrected chi connectivity index (χ0v) is 13.6. The highest BCUT2D eigenvalue weighted by atomic mass is 16.5. The Morgan fingerprint density at radius 3 is 3.00 bits per heavy atom. The second-order valence-corrected chi connectivity index (χ2v) is 5.84. The molecule has 0 radical (unpaired) electrons. The van der Waals surface area contributed by atoms with E-state index < -0.39 is 0 Å². The fraction of sp³-hybridized carbons (Fsp3) is 0.444. The van der Waals surface area contributed by atoms with Gasteiger partial charge in [0.2, 0.25) is 0 Å². The first kappa shape index (κ1) is 15.6. The number of aromatic nitrogens is 1. The molecular weight excluding hydrogens is 292 g/mol. The summed E-state index contributed by atoms with van der Waals surface area (Å²) in [5.74, 6) is 1.49. The van der Waals surface area contributed by atoms with Crippen LogP contribution in [-0.2, 0) is 19.4 Å². The normalized spacial score (nSPS) is 13.5. The largest absolute Gasteiger partial charge is 0.486 e. The van der Waals surface area contributed by atoms with Crippen molar-refractivity contribution in [3.05, 3.63) is 46.3 Å². The van der Waals surface area contributed by atoms with Gasteiger partial charge in [0.05, 0.1) is 5.56 Å². The molecule has 3 rings (SSSR count). The maximum atomic E-state index is 12.2. The molecule has 0 saturated heterocycles. The lowest BCUT2D eigenvalue weighted by Gasteiger charge is -2.14. The Hall–Kier alpha value is -2.30. The van der Waals surface area contributed by atoms with Crippen LogP contribution >= 0.6 is 0 Å². The summed E-state index contributed by atoms with van der Waals surface area (Å²) < 4.78 is 11.4. The van der Waals surface area contributed by atoms with Crippen molar-refractivity contribution in [3.8, 4) is 5.75 Å². The SMILES string of the molecule is CCNC(=O)c1cccc(C)c1OCc1noc2c1CCCC2. The number of carbonyl (C=O) groups is 1. The number of carbonyl (C=O) groups excluding carboxylic acids is 1. The third-order valence-corrected chi connectivity index (χ3v) is 4.18. The first-order valence-electron chi connectivity index (χ1n) is 8.17. The number of hydrogen-bond acceptors (Lipinski definition) is 4. The number of nitrogens with zero attached hydrogens (tertiary/aromatic N) is 1. The van der Waals surface area contributed by atoms with Crippen molar-refractivity contribution in [2.75, 3.05) is 6.54 Å². The summed E-state index contributed by atoms with van der Waals surface area (Å²) in [6.07, 6.45) is 4.27. The quantitative estimate of drug-likeness (QED) is 0.920. The van der Waals surface area contributed by atoms with Gasteiger partial charge in [-0.3, -0.25) is 4.79 Å². The van der Waals surface area contributed by atoms with Crippen molar-refractivity contribution in [2.24, 2.45) is 0 Å². The van der Waals surface area contributed by atoms with Gasteiger partial charge in [0.1, 0.15) is 23.8 Å². The van der Waals surface area contributed by atoms with Gasteiger partial charge in [-0.25, -0.2) is 0 Å². The molecule has 1 aromatic heterocycles. The van der Waals surface area contributed by atoms with Crippen LogP contribution in [0.25, 0.3) is 0 Å². The van der Waals surface area contributed by atoms with Gasteiger partial charge in [0.25, 0.3) is 5.91 Å². The van der Waals surface area contributed by atoms with Gasteiger partial charge in [-0.2, -0.15) is 0 Å². The molecule has 122 valence electrons. The Balaban J connectivity index is 1.80. The molecule has 1 amide bonds. The standard InChI is InChI=1S/C18H22N2O3/c1-3-19-18(21)14-9-6-7-12(2)17(14)22-11-15-13-8-4-5-10-16(13)23-20-15/h6-7,9H,3-5,8,10-11H2,1-2H3,(H,19,21). The number of amides is 1. The lowest BCUT2D eigenvalue weighted by molar-refractivity contribution is 0.0951. The second kappa shape index (κ2) is 6.86. The van der Waals surface area contributed by atoms with Gasteiger partial charge in [0.15, 0.2) is 0 Å². The fourth-order valence-electron chi connectivity index (χ4n) is 2.98. The van der Waals surface area contributed by atoms with E-state index in [1.807, 2.05) is 26.0 Å². The van der Waals surface area contributed by atoms with Crippen LogP contribution in [0.4, 0.5) is 0 Å². The molecule has 0 saturated carbocycles. The lowest BCUT2D eigenvalue weighted by Crippen LogP contribution is -2.23. The smallest absolute Gasteiger partial charge is 0.255 e. The molecular formula is C18H22N2O3. The Kier molecular flexibility index (Phi) is 4.65. The predicted octanol–water partition coefficient (Wildman–Crippen LogP) is 3.19. The minimum absolute atomic E-state index is 0.117. The van der Waals surface area contributed by atoms with E-state index in [9.17, 15) is 4.79 Å². The molecule has 0 atom stereocenters. The number of para-hydroxylation sites is 1. The van der Waals surface area contributed by atoms with Crippen LogP contribution in [0.15, 0.2) is 22.7 Å². The van der Waals surface area contributed by atoms with Crippen molar-refractivity contribution in [3.63, 3.8) is 0 Å². The van der Waals surface area contributed by atoms with E-state index in [4.69, 9.17) is 9.26 Å². The minimum Gasteiger partial charge on any atom is -0.486 e. The third-order valence-electron chi connectivity index (χ3n) is 4.18. The Morgan fingerprint density at radius 2 is 2.17 bits per heavy atom. The number of aryl methyl sites for hydroxylation is 2. The summed E-state index contributed by atoms with van der Waals surface area (Å²) in [7, 11) is 0. The van der Waals surface area contributed by atoms with Crippen LogP contribution < -0.4 is 10.1 Å². The van der Waals surface area contributed by atoms with Gasteiger partial charge >= 0.3 is 0 Å². The van der Waals surface area contributed by atoms with Crippen molar-refractivity contribution in [1.29, 1.82) is 0 Å². The molecule has 5 heteroatoms. The van der Waals surface area contributed by atoms with Crippen molar-refractivity contribution in [1.82, 2.24) is 10.5 Å². The van der Waals surface area contributed by atoms with Crippen molar-refractivity contribution >= 4 is 5.91 Å². The maximum absolute atomic E-state index is 12.2. The average Bonchev–Trinajstić information content (AvgIpc) is 2.97. The molecule has 23 heavy (non-hydrogen) atoms. The maximum Gasteiger partial charge on any atom is 0.255 e. The minimum atomic E-state index is -0.117. The second-order valence-electron chi connectivity index (χ2n) is 5.84. The van der Waals surface area contributed by atoms with Crippen LogP contribution in [0.2, 0.25) is 0 Å². The molecule has 0 fully saturated rings. The molecule has 2 aromatic rings. The first-order chi connectivity index (χ1) is 11.2. The van der Waals surface area contributed by atoms with Gasteiger partial charge in [-0.1, -0.05) is 17.3 Å². The number of benzene rings is 1. The summed E-state index contributed by atoms with van der Waals surface area (Å²) in [5, 5.41) is 6.97. The van der Waals surface area contributed by atoms with Crippen molar-refractivity contribution in [2.45, 2.75) is 46.1 Å². The van der Waals surface area contributed by atoms with Crippen LogP contribution in [0.3, 0.4) is 0 Å². The molecule has 0 aliphatic heterocycles. The van der Waals surface area contributed by atoms with Crippen LogP contribution in [0, 0.1) is 6.92 Å². The number of nitrogens with one attached hydrogen (secondary N) is 1. The zero-order chi connectivity index (χ0) is 16.2. The fourth-order valence-corrected chi connectivity index (χ4v) is 2.98. The highest BCUT2D eigenvalue weighted by Crippen LogP contribution is 2.28. The molecule has 0 spiro atoms. The molecule has 1 aliphatic carbocycles. The van der Waals surface area contributed by atoms with Gasteiger partial charge < -0.3 is 14.6 Å². The van der Waals surface area contributed by atoms with E-state index in [1.165, 1.54) is 5.56 Å². The van der Waals surface area contributed by atoms with Gasteiger partial charge in [-0.05, 0) is 44.7 Å². The molecule has 1 N–H and O–H groups in total. The number of hydrogen-bond donors (Lipinski definition) is 1. The van der Waals surface area contributed by atoms with E-state index in [0.29, 0.717) is 24.5 Å². The van der Waals surface area contributed by atoms with Crippen LogP contribution in [0.5, 0.6) is 5.75 Å². The van der Waals surface area contributed by atoms with E-state index in [-0.39, 0.29) is 5.91 Å². The number of fused-ring (bicyclic) bond motifs is 1. The predicted molar refractivity (Wildman–Crippen MR) is 86.7 cm³/mol. The molecule has 5 nitrogen and oxygen atoms in total. The topological polar surface area (TPSA) is 64.4 Å². The average molecular weight is 314 g/mol. The summed E-state index contributed by atoms with van der Waals surface area (Å²) in [5.41, 5.74) is 3.53. The summed E-state index contributed by atoms with van der Waals surface area (Å²) >= 11 is 0. The monoisotopic (exact) mass is 314 g/mol. The van der Waals surface area contributed by atoms with E-state index in [1.54, 1.807) is 6.07 Å². The highest BCUT2D eigenvalue weighted by molar-refractivity contribution is 5.97. The van der Waals surface area contributed by atoms with Crippen LogP contribution in [-0.4, -0.2) is 17.6 Å². The van der Waals surface area contributed by atoms with E-state index in [0.717, 1.165) is 42.7 Å². The van der Waals surface area contributed by atoms with Gasteiger partial charge in [-0.15, -0.1) is 0 Å². The summed E-state index contributed by atoms with van der Waals surface area (Å²) in [4.78, 5) is 12.2. The molecule has 1 aromatic carbocycles. The highest BCUT2D eigenvalue weighted by Gasteiger charge is 2.21. The first-order valence-corrected chi connectivity index (χ1v) is 8.17. The molecule has 0 bridgehead atoms. The Labute approximate surface area is 136 Å². The Bertz CT molecular complexity index is 706. The number of rotatable bonds is 5. The lowest BCUT2D eigenvalue weighted by atomic mass is 9.97. The summed E-state index contributed by atoms with van der Waals surface area (Å²) in [6.45, 7) is 4.76. The number of ether oxygens (including phenoxy) is 1. The van der Waals surface area contributed by atoms with Crippen LogP contribution in [0.1, 0.15) is 52.7 Å². The molecule has 1 heterocycles. The van der Waals surface area contributed by atoms with E-state index in [2.05, 4.69) is 10.5 Å².